The number of thioether (sulfide) groups is 1. The summed E-state index contributed by atoms with van der Waals surface area (Å²) < 4.78 is 2.28. The van der Waals surface area contributed by atoms with Gasteiger partial charge >= 0.3 is 6.03 Å². The number of hydrogen-bond donors (Lipinski definition) is 2. The SMILES string of the molecule is CC1CCC2(CC1)NC(=O)N(NC(=O)CSc1nc3ccccc3n1C1CCCCC1)C2=O. The number of aromatic nitrogens is 2. The van der Waals surface area contributed by atoms with Gasteiger partial charge in [0.2, 0.25) is 5.91 Å². The van der Waals surface area contributed by atoms with Crippen LogP contribution in [0, 0.1) is 5.92 Å². The fraction of sp³-hybridized carbons (Fsp3) is 0.583. The van der Waals surface area contributed by atoms with E-state index in [1.54, 1.807) is 0 Å². The van der Waals surface area contributed by atoms with Gasteiger partial charge < -0.3 is 9.88 Å². The van der Waals surface area contributed by atoms with E-state index in [0.29, 0.717) is 24.8 Å². The van der Waals surface area contributed by atoms with E-state index < -0.39 is 11.6 Å². The second-order valence-electron chi connectivity index (χ2n) is 9.70. The Balaban J connectivity index is 1.27. The second kappa shape index (κ2) is 9.00. The van der Waals surface area contributed by atoms with E-state index in [0.717, 1.165) is 46.9 Å². The largest absolute Gasteiger partial charge is 0.344 e. The molecule has 1 aliphatic heterocycles. The first-order valence-electron chi connectivity index (χ1n) is 12.0. The minimum Gasteiger partial charge on any atom is -0.322 e. The predicted octanol–water partition coefficient (Wildman–Crippen LogP) is 4.17. The van der Waals surface area contributed by atoms with Crippen molar-refractivity contribution in [2.75, 3.05) is 5.75 Å². The molecule has 1 aromatic heterocycles. The van der Waals surface area contributed by atoms with Crippen LogP contribution in [0.1, 0.15) is 70.8 Å². The van der Waals surface area contributed by atoms with E-state index in [9.17, 15) is 14.4 Å². The molecule has 0 bridgehead atoms. The maximum atomic E-state index is 13.0. The van der Waals surface area contributed by atoms with Crippen LogP contribution in [0.5, 0.6) is 0 Å². The standard InChI is InChI=1S/C24H31N5O3S/c1-16-11-13-24(14-12-16)21(31)29(22(32)26-24)27-20(30)15-33-23-25-18-9-5-6-10-19(18)28(23)17-7-3-2-4-8-17/h5-6,9-10,16-17H,2-4,7-8,11-15H2,1H3,(H,26,32)(H,27,30). The number of benzene rings is 1. The van der Waals surface area contributed by atoms with Gasteiger partial charge in [-0.25, -0.2) is 9.78 Å². The third-order valence-electron chi connectivity index (χ3n) is 7.36. The summed E-state index contributed by atoms with van der Waals surface area (Å²) in [6, 6.07) is 7.92. The summed E-state index contributed by atoms with van der Waals surface area (Å²) in [5.74, 6) is -0.0973. The highest BCUT2D eigenvalue weighted by Crippen LogP contribution is 2.37. The van der Waals surface area contributed by atoms with Crippen LogP contribution < -0.4 is 10.7 Å². The second-order valence-corrected chi connectivity index (χ2v) is 10.6. The zero-order valence-electron chi connectivity index (χ0n) is 19.0. The Hall–Kier alpha value is -2.55. The molecule has 1 aromatic carbocycles. The summed E-state index contributed by atoms with van der Waals surface area (Å²) in [6.07, 6.45) is 8.91. The van der Waals surface area contributed by atoms with Gasteiger partial charge in [0, 0.05) is 6.04 Å². The maximum absolute atomic E-state index is 13.0. The van der Waals surface area contributed by atoms with Crippen molar-refractivity contribution < 1.29 is 14.4 Å². The normalized spacial score (nSPS) is 26.2. The molecule has 2 saturated carbocycles. The Kier molecular flexibility index (Phi) is 6.07. The van der Waals surface area contributed by atoms with Gasteiger partial charge in [-0.15, -0.1) is 0 Å². The van der Waals surface area contributed by atoms with Gasteiger partial charge in [-0.05, 0) is 56.6 Å². The summed E-state index contributed by atoms with van der Waals surface area (Å²) in [7, 11) is 0. The number of carbonyl (C=O) groups is 3. The summed E-state index contributed by atoms with van der Waals surface area (Å²) in [5.41, 5.74) is 3.69. The van der Waals surface area contributed by atoms with Crippen molar-refractivity contribution in [3.8, 4) is 0 Å². The van der Waals surface area contributed by atoms with Gasteiger partial charge in [-0.1, -0.05) is 50.1 Å². The predicted molar refractivity (Wildman–Crippen MR) is 126 cm³/mol. The maximum Gasteiger partial charge on any atom is 0.344 e. The molecule has 2 heterocycles. The quantitative estimate of drug-likeness (QED) is 0.506. The van der Waals surface area contributed by atoms with Gasteiger partial charge in [0.1, 0.15) is 5.54 Å². The molecule has 1 saturated heterocycles. The Morgan fingerprint density at radius 1 is 1.15 bits per heavy atom. The zero-order valence-corrected chi connectivity index (χ0v) is 19.8. The lowest BCUT2D eigenvalue weighted by molar-refractivity contribution is -0.139. The van der Waals surface area contributed by atoms with E-state index in [4.69, 9.17) is 4.98 Å². The molecular formula is C24H31N5O3S. The number of nitrogens with zero attached hydrogens (tertiary/aromatic N) is 3. The van der Waals surface area contributed by atoms with Crippen molar-refractivity contribution in [3.63, 3.8) is 0 Å². The van der Waals surface area contributed by atoms with Crippen LogP contribution in [0.4, 0.5) is 4.79 Å². The third kappa shape index (κ3) is 4.23. The number of carbonyl (C=O) groups excluding carboxylic acids is 3. The molecule has 8 nitrogen and oxygen atoms in total. The minimum absolute atomic E-state index is 0.0805. The van der Waals surface area contributed by atoms with Crippen LogP contribution in [0.25, 0.3) is 11.0 Å². The zero-order chi connectivity index (χ0) is 23.0. The first kappa shape index (κ1) is 22.3. The smallest absolute Gasteiger partial charge is 0.322 e. The molecule has 1 spiro atoms. The monoisotopic (exact) mass is 469 g/mol. The number of hydrogen-bond acceptors (Lipinski definition) is 5. The number of hydrazine groups is 1. The number of para-hydroxylation sites is 2. The molecule has 5 rings (SSSR count). The van der Waals surface area contributed by atoms with E-state index in [2.05, 4.69) is 28.3 Å². The molecule has 0 atom stereocenters. The number of urea groups is 1. The van der Waals surface area contributed by atoms with Crippen molar-refractivity contribution in [2.45, 2.75) is 81.4 Å². The molecule has 176 valence electrons. The van der Waals surface area contributed by atoms with Crippen molar-refractivity contribution in [1.29, 1.82) is 0 Å². The van der Waals surface area contributed by atoms with Crippen LogP contribution in [0.15, 0.2) is 29.4 Å². The van der Waals surface area contributed by atoms with Crippen LogP contribution in [-0.4, -0.2) is 43.7 Å². The van der Waals surface area contributed by atoms with Crippen molar-refractivity contribution >= 4 is 40.6 Å². The molecule has 33 heavy (non-hydrogen) atoms. The molecule has 0 unspecified atom stereocenters. The lowest BCUT2D eigenvalue weighted by atomic mass is 9.77. The molecular weight excluding hydrogens is 438 g/mol. The highest BCUT2D eigenvalue weighted by molar-refractivity contribution is 7.99. The van der Waals surface area contributed by atoms with E-state index >= 15 is 0 Å². The van der Waals surface area contributed by atoms with Crippen LogP contribution in [0.3, 0.4) is 0 Å². The van der Waals surface area contributed by atoms with Crippen molar-refractivity contribution in [2.24, 2.45) is 5.92 Å². The average molecular weight is 470 g/mol. The van der Waals surface area contributed by atoms with E-state index in [-0.39, 0.29) is 17.6 Å². The number of imide groups is 1. The van der Waals surface area contributed by atoms with E-state index in [1.807, 2.05) is 18.2 Å². The average Bonchev–Trinajstić information content (AvgIpc) is 3.31. The summed E-state index contributed by atoms with van der Waals surface area (Å²) in [4.78, 5) is 43.0. The molecule has 3 fully saturated rings. The summed E-state index contributed by atoms with van der Waals surface area (Å²) >= 11 is 1.36. The highest BCUT2D eigenvalue weighted by Gasteiger charge is 2.52. The molecule has 2 aromatic rings. The summed E-state index contributed by atoms with van der Waals surface area (Å²) in [6.45, 7) is 2.16. The van der Waals surface area contributed by atoms with Gasteiger partial charge in [0.05, 0.1) is 16.8 Å². The number of imidazole rings is 1. The lowest BCUT2D eigenvalue weighted by Gasteiger charge is -2.33. The van der Waals surface area contributed by atoms with Crippen molar-refractivity contribution in [3.05, 3.63) is 24.3 Å². The first-order chi connectivity index (χ1) is 16.0. The van der Waals surface area contributed by atoms with Crippen LogP contribution >= 0.6 is 11.8 Å². The number of amides is 4. The molecule has 9 heteroatoms. The molecule has 4 amide bonds. The molecule has 2 aliphatic carbocycles. The first-order valence-corrected chi connectivity index (χ1v) is 13.0. The lowest BCUT2D eigenvalue weighted by Crippen LogP contribution is -2.51. The molecule has 2 N–H and O–H groups in total. The van der Waals surface area contributed by atoms with Gasteiger partial charge in [0.25, 0.3) is 5.91 Å². The van der Waals surface area contributed by atoms with Gasteiger partial charge in [-0.3, -0.25) is 15.0 Å². The fourth-order valence-electron chi connectivity index (χ4n) is 5.42. The number of nitrogens with one attached hydrogen (secondary N) is 2. The highest BCUT2D eigenvalue weighted by atomic mass is 32.2. The molecule has 3 aliphatic rings. The Morgan fingerprint density at radius 3 is 2.64 bits per heavy atom. The minimum atomic E-state index is -0.862. The summed E-state index contributed by atoms with van der Waals surface area (Å²) in [5, 5.41) is 4.53. The Morgan fingerprint density at radius 2 is 1.88 bits per heavy atom. The number of rotatable bonds is 5. The number of fused-ring (bicyclic) bond motifs is 1. The van der Waals surface area contributed by atoms with Crippen LogP contribution in [-0.2, 0) is 9.59 Å². The van der Waals surface area contributed by atoms with Gasteiger partial charge in [0.15, 0.2) is 5.16 Å². The Labute approximate surface area is 197 Å². The topological polar surface area (TPSA) is 96.3 Å². The fourth-order valence-corrected chi connectivity index (χ4v) is 6.29. The Bertz CT molecular complexity index is 1070. The van der Waals surface area contributed by atoms with Gasteiger partial charge in [-0.2, -0.15) is 5.01 Å². The third-order valence-corrected chi connectivity index (χ3v) is 8.31. The van der Waals surface area contributed by atoms with E-state index in [1.165, 1.54) is 31.0 Å². The van der Waals surface area contributed by atoms with Crippen LogP contribution in [0.2, 0.25) is 0 Å². The molecule has 0 radical (unpaired) electrons. The van der Waals surface area contributed by atoms with Crippen molar-refractivity contribution in [1.82, 2.24) is 25.3 Å².